The van der Waals surface area contributed by atoms with Crippen LogP contribution in [0.15, 0.2) is 0 Å². The molecule has 1 unspecified atom stereocenters. The predicted molar refractivity (Wildman–Crippen MR) is 36.7 cm³/mol. The van der Waals surface area contributed by atoms with Gasteiger partial charge in [-0.1, -0.05) is 0 Å². The number of rotatable bonds is 7. The van der Waals surface area contributed by atoms with E-state index in [4.69, 9.17) is 5.11 Å². The number of alkyl halides is 10. The normalized spacial score (nSPS) is 15.9. The molecular weight excluding hydrogens is 342 g/mol. The molecule has 126 valence electrons. The van der Waals surface area contributed by atoms with Crippen molar-refractivity contribution in [1.29, 1.82) is 0 Å². The lowest BCUT2D eigenvalue weighted by Crippen LogP contribution is -2.52. The van der Waals surface area contributed by atoms with Crippen LogP contribution in [0.5, 0.6) is 0 Å². The van der Waals surface area contributed by atoms with Crippen LogP contribution in [0, 0.1) is 0 Å². The van der Waals surface area contributed by atoms with Crippen LogP contribution in [-0.4, -0.2) is 42.3 Å². The average Bonchev–Trinajstić information content (AvgIpc) is 2.09. The lowest BCUT2D eigenvalue weighted by Gasteiger charge is -2.28. The number of aliphatic carboxylic acids is 1. The van der Waals surface area contributed by atoms with Gasteiger partial charge < -0.3 is 5.11 Å². The lowest BCUT2D eigenvalue weighted by molar-refractivity contribution is -0.567. The summed E-state index contributed by atoms with van der Waals surface area (Å²) in [6, 6.07) is 0. The molecule has 0 heterocycles. The second-order valence-corrected chi connectivity index (χ2v) is 2.92. The standard InChI is InChI=1S/C6H2F10O5/c7-1(2(17)18)19-3(8,9)4(10,11)20-6(15,16)21-5(12,13)14/h1H,(H,17,18). The van der Waals surface area contributed by atoms with Gasteiger partial charge in [0.25, 0.3) is 0 Å². The minimum Gasteiger partial charge on any atom is -0.477 e. The first kappa shape index (κ1) is 19.7. The van der Waals surface area contributed by atoms with Gasteiger partial charge in [-0.2, -0.15) is 22.3 Å². The SMILES string of the molecule is O=C(O)C(F)OC(F)(F)C(F)(F)OC(F)(F)OC(F)(F)F. The van der Waals surface area contributed by atoms with Crippen molar-refractivity contribution >= 4 is 5.97 Å². The van der Waals surface area contributed by atoms with Crippen LogP contribution in [0.1, 0.15) is 0 Å². The molecule has 1 N–H and O–H groups in total. The Bertz CT molecular complexity index is 379. The summed E-state index contributed by atoms with van der Waals surface area (Å²) in [5.41, 5.74) is 0. The van der Waals surface area contributed by atoms with Crippen LogP contribution in [0.2, 0.25) is 0 Å². The third-order valence-corrected chi connectivity index (χ3v) is 1.27. The highest BCUT2D eigenvalue weighted by Gasteiger charge is 2.67. The molecule has 0 fully saturated rings. The van der Waals surface area contributed by atoms with Gasteiger partial charge in [-0.3, -0.25) is 4.74 Å². The Balaban J connectivity index is 5.06. The molecule has 0 aliphatic carbocycles. The van der Waals surface area contributed by atoms with Crippen LogP contribution >= 0.6 is 0 Å². The van der Waals surface area contributed by atoms with Crippen LogP contribution in [-0.2, 0) is 19.0 Å². The van der Waals surface area contributed by atoms with Gasteiger partial charge in [-0.05, 0) is 0 Å². The van der Waals surface area contributed by atoms with E-state index < -0.39 is 37.2 Å². The molecule has 15 heteroatoms. The lowest BCUT2D eigenvalue weighted by atomic mass is 10.5. The topological polar surface area (TPSA) is 65.0 Å². The van der Waals surface area contributed by atoms with E-state index in [9.17, 15) is 48.7 Å². The minimum absolute atomic E-state index is 1.67. The van der Waals surface area contributed by atoms with Gasteiger partial charge in [-0.15, -0.1) is 22.0 Å². The zero-order chi connectivity index (χ0) is 17.3. The van der Waals surface area contributed by atoms with Gasteiger partial charge in [0.05, 0.1) is 0 Å². The fourth-order valence-corrected chi connectivity index (χ4v) is 0.613. The molecular formula is C6H2F10O5. The maximum atomic E-state index is 12.5. The molecule has 0 aromatic heterocycles. The summed E-state index contributed by atoms with van der Waals surface area (Å²) >= 11 is 0. The molecule has 0 radical (unpaired) electrons. The largest absolute Gasteiger partial charge is 0.529 e. The number of hydrogen-bond acceptors (Lipinski definition) is 4. The first-order valence-electron chi connectivity index (χ1n) is 4.14. The van der Waals surface area contributed by atoms with E-state index in [0.717, 1.165) is 0 Å². The maximum Gasteiger partial charge on any atom is 0.529 e. The molecule has 0 aromatic carbocycles. The fourth-order valence-electron chi connectivity index (χ4n) is 0.613. The smallest absolute Gasteiger partial charge is 0.477 e. The molecule has 0 aliphatic heterocycles. The Morgan fingerprint density at radius 3 is 1.62 bits per heavy atom. The van der Waals surface area contributed by atoms with E-state index in [2.05, 4.69) is 4.74 Å². The van der Waals surface area contributed by atoms with Gasteiger partial charge in [0.2, 0.25) is 0 Å². The number of hydrogen-bond donors (Lipinski definition) is 1. The molecule has 0 saturated heterocycles. The first-order valence-corrected chi connectivity index (χ1v) is 4.14. The maximum absolute atomic E-state index is 12.5. The molecule has 21 heavy (non-hydrogen) atoms. The van der Waals surface area contributed by atoms with Crippen molar-refractivity contribution in [3.8, 4) is 0 Å². The minimum atomic E-state index is -6.57. The Morgan fingerprint density at radius 2 is 1.29 bits per heavy atom. The Kier molecular flexibility index (Phi) is 5.43. The van der Waals surface area contributed by atoms with E-state index in [1.54, 1.807) is 9.47 Å². The average molecular weight is 344 g/mol. The Hall–Kier alpha value is -1.35. The van der Waals surface area contributed by atoms with E-state index in [1.807, 2.05) is 0 Å². The van der Waals surface area contributed by atoms with Crippen molar-refractivity contribution in [3.63, 3.8) is 0 Å². The molecule has 0 amide bonds. The van der Waals surface area contributed by atoms with Gasteiger partial charge in [-0.25, -0.2) is 13.9 Å². The number of halogens is 10. The highest BCUT2D eigenvalue weighted by atomic mass is 19.4. The van der Waals surface area contributed by atoms with Crippen molar-refractivity contribution in [2.75, 3.05) is 0 Å². The van der Waals surface area contributed by atoms with Crippen LogP contribution < -0.4 is 0 Å². The van der Waals surface area contributed by atoms with E-state index in [1.165, 1.54) is 0 Å². The summed E-state index contributed by atoms with van der Waals surface area (Å²) in [5, 5.41) is 7.76. The van der Waals surface area contributed by atoms with E-state index in [0.29, 0.717) is 0 Å². The summed E-state index contributed by atoms with van der Waals surface area (Å²) in [7, 11) is 0. The van der Waals surface area contributed by atoms with Gasteiger partial charge in [0.15, 0.2) is 0 Å². The van der Waals surface area contributed by atoms with Crippen molar-refractivity contribution < 1.29 is 68.0 Å². The van der Waals surface area contributed by atoms with Crippen LogP contribution in [0.3, 0.4) is 0 Å². The summed E-state index contributed by atoms with van der Waals surface area (Å²) in [5.74, 6) is -2.84. The Labute approximate surface area is 107 Å². The Morgan fingerprint density at radius 1 is 0.857 bits per heavy atom. The number of carbonyl (C=O) groups is 1. The van der Waals surface area contributed by atoms with Crippen molar-refractivity contribution in [3.05, 3.63) is 0 Å². The van der Waals surface area contributed by atoms with E-state index in [-0.39, 0.29) is 0 Å². The highest BCUT2D eigenvalue weighted by Crippen LogP contribution is 2.42. The monoisotopic (exact) mass is 344 g/mol. The second-order valence-electron chi connectivity index (χ2n) is 2.92. The summed E-state index contributed by atoms with van der Waals surface area (Å²) < 4.78 is 126. The van der Waals surface area contributed by atoms with Crippen molar-refractivity contribution in [2.45, 2.75) is 31.2 Å². The number of carboxylic acid groups (broad SMARTS) is 1. The zero-order valence-electron chi connectivity index (χ0n) is 8.94. The molecule has 1 atom stereocenters. The van der Waals surface area contributed by atoms with Crippen molar-refractivity contribution in [1.82, 2.24) is 0 Å². The summed E-state index contributed by atoms with van der Waals surface area (Å²) in [4.78, 5) is 9.74. The number of carboxylic acids is 1. The van der Waals surface area contributed by atoms with Crippen LogP contribution in [0.25, 0.3) is 0 Å². The zero-order valence-corrected chi connectivity index (χ0v) is 8.94. The van der Waals surface area contributed by atoms with Crippen molar-refractivity contribution in [2.24, 2.45) is 0 Å². The van der Waals surface area contributed by atoms with Gasteiger partial charge in [0.1, 0.15) is 0 Å². The van der Waals surface area contributed by atoms with Crippen LogP contribution in [0.4, 0.5) is 43.9 Å². The molecule has 0 rings (SSSR count). The molecule has 0 aliphatic rings. The molecule has 0 spiro atoms. The number of ether oxygens (including phenoxy) is 3. The van der Waals surface area contributed by atoms with Gasteiger partial charge in [0, 0.05) is 0 Å². The third kappa shape index (κ3) is 6.30. The summed E-state index contributed by atoms with van der Waals surface area (Å²) in [6.45, 7) is 0. The molecule has 0 aromatic rings. The first-order chi connectivity index (χ1) is 8.99. The van der Waals surface area contributed by atoms with Gasteiger partial charge >= 0.3 is 37.2 Å². The highest BCUT2D eigenvalue weighted by molar-refractivity contribution is 5.70. The summed E-state index contributed by atoms with van der Waals surface area (Å²) in [6.07, 6.45) is -29.6. The second kappa shape index (κ2) is 5.80. The predicted octanol–water partition coefficient (Wildman–Crippen LogP) is 2.67. The third-order valence-electron chi connectivity index (χ3n) is 1.27. The quantitative estimate of drug-likeness (QED) is 0.568. The molecule has 5 nitrogen and oxygen atoms in total. The fraction of sp³-hybridized carbons (Fsp3) is 0.833. The molecule has 0 bridgehead atoms. The molecule has 0 saturated carbocycles. The van der Waals surface area contributed by atoms with E-state index >= 15 is 0 Å².